The first kappa shape index (κ1) is 11.8. The topological polar surface area (TPSA) is 9.23 Å². The number of allylic oxidation sites excluding steroid dienone is 1. The molecule has 0 unspecified atom stereocenters. The standard InChI is InChI=1S/C11H12Br2O/c1-14-11-8-10(13)6-5-9(11)4-2-3-7-12/h2,4-6,8H,3,7H2,1H3. The zero-order valence-electron chi connectivity index (χ0n) is 7.97. The average molecular weight is 320 g/mol. The summed E-state index contributed by atoms with van der Waals surface area (Å²) in [6.45, 7) is 0. The van der Waals surface area contributed by atoms with Gasteiger partial charge in [0.25, 0.3) is 0 Å². The van der Waals surface area contributed by atoms with Gasteiger partial charge in [0, 0.05) is 15.4 Å². The number of methoxy groups -OCH3 is 1. The Hall–Kier alpha value is -0.280. The third-order valence-corrected chi connectivity index (χ3v) is 2.72. The fraction of sp³-hybridized carbons (Fsp3) is 0.273. The van der Waals surface area contributed by atoms with E-state index in [1.807, 2.05) is 18.2 Å². The van der Waals surface area contributed by atoms with Crippen molar-refractivity contribution in [2.45, 2.75) is 6.42 Å². The van der Waals surface area contributed by atoms with Crippen molar-refractivity contribution in [1.29, 1.82) is 0 Å². The maximum absolute atomic E-state index is 5.26. The quantitative estimate of drug-likeness (QED) is 0.754. The lowest BCUT2D eigenvalue weighted by Crippen LogP contribution is -1.86. The zero-order valence-corrected chi connectivity index (χ0v) is 11.1. The van der Waals surface area contributed by atoms with Gasteiger partial charge >= 0.3 is 0 Å². The fourth-order valence-corrected chi connectivity index (χ4v) is 1.70. The Labute approximate surface area is 101 Å². The van der Waals surface area contributed by atoms with E-state index in [4.69, 9.17) is 4.74 Å². The van der Waals surface area contributed by atoms with Gasteiger partial charge in [-0.3, -0.25) is 0 Å². The summed E-state index contributed by atoms with van der Waals surface area (Å²) < 4.78 is 6.30. The van der Waals surface area contributed by atoms with Crippen molar-refractivity contribution >= 4 is 37.9 Å². The third-order valence-electron chi connectivity index (χ3n) is 1.77. The minimum absolute atomic E-state index is 0.894. The van der Waals surface area contributed by atoms with Gasteiger partial charge in [-0.05, 0) is 18.6 Å². The van der Waals surface area contributed by atoms with Gasteiger partial charge in [0.15, 0.2) is 0 Å². The van der Waals surface area contributed by atoms with Gasteiger partial charge in [0.1, 0.15) is 5.75 Å². The van der Waals surface area contributed by atoms with Crippen LogP contribution in [0, 0.1) is 0 Å². The first-order valence-corrected chi connectivity index (χ1v) is 6.25. The van der Waals surface area contributed by atoms with E-state index in [1.54, 1.807) is 7.11 Å². The highest BCUT2D eigenvalue weighted by Crippen LogP contribution is 2.24. The molecule has 0 saturated heterocycles. The number of alkyl halides is 1. The van der Waals surface area contributed by atoms with Crippen LogP contribution in [0.5, 0.6) is 5.75 Å². The van der Waals surface area contributed by atoms with Crippen LogP contribution < -0.4 is 4.74 Å². The van der Waals surface area contributed by atoms with Gasteiger partial charge in [-0.1, -0.05) is 50.1 Å². The Morgan fingerprint density at radius 3 is 2.86 bits per heavy atom. The maximum atomic E-state index is 5.26. The van der Waals surface area contributed by atoms with E-state index in [-0.39, 0.29) is 0 Å². The molecule has 0 spiro atoms. The second-order valence-corrected chi connectivity index (χ2v) is 4.47. The monoisotopic (exact) mass is 318 g/mol. The van der Waals surface area contributed by atoms with E-state index in [2.05, 4.69) is 44.0 Å². The van der Waals surface area contributed by atoms with E-state index in [0.717, 1.165) is 27.5 Å². The predicted octanol–water partition coefficient (Wildman–Crippen LogP) is 4.26. The van der Waals surface area contributed by atoms with Gasteiger partial charge in [-0.2, -0.15) is 0 Å². The van der Waals surface area contributed by atoms with Crippen molar-refractivity contribution < 1.29 is 4.74 Å². The van der Waals surface area contributed by atoms with Crippen LogP contribution in [0.1, 0.15) is 12.0 Å². The number of rotatable bonds is 4. The number of hydrogen-bond acceptors (Lipinski definition) is 1. The summed E-state index contributed by atoms with van der Waals surface area (Å²) in [4.78, 5) is 0. The SMILES string of the molecule is COc1cc(Br)ccc1C=CCCBr. The van der Waals surface area contributed by atoms with Crippen LogP contribution in [0.4, 0.5) is 0 Å². The molecule has 0 heterocycles. The Bertz CT molecular complexity index is 321. The molecule has 1 nitrogen and oxygen atoms in total. The minimum atomic E-state index is 0.894. The lowest BCUT2D eigenvalue weighted by molar-refractivity contribution is 0.413. The van der Waals surface area contributed by atoms with Crippen LogP contribution in [0.3, 0.4) is 0 Å². The first-order chi connectivity index (χ1) is 6.77. The molecule has 0 aliphatic carbocycles. The highest BCUT2D eigenvalue weighted by atomic mass is 79.9. The molecule has 0 atom stereocenters. The zero-order chi connectivity index (χ0) is 10.4. The summed E-state index contributed by atoms with van der Waals surface area (Å²) in [5, 5.41) is 0.988. The Kier molecular flexibility index (Phi) is 5.26. The lowest BCUT2D eigenvalue weighted by atomic mass is 10.2. The molecule has 0 fully saturated rings. The van der Waals surface area contributed by atoms with Crippen molar-refractivity contribution in [1.82, 2.24) is 0 Å². The molecule has 0 amide bonds. The van der Waals surface area contributed by atoms with E-state index in [9.17, 15) is 0 Å². The molecule has 0 aliphatic rings. The molecule has 0 saturated carbocycles. The molecule has 1 aromatic carbocycles. The predicted molar refractivity (Wildman–Crippen MR) is 68.1 cm³/mol. The summed E-state index contributed by atoms with van der Waals surface area (Å²) in [6.07, 6.45) is 5.23. The lowest BCUT2D eigenvalue weighted by Gasteiger charge is -2.04. The molecule has 1 rings (SSSR count). The summed E-state index contributed by atoms with van der Waals surface area (Å²) in [5.74, 6) is 0.894. The molecule has 0 aliphatic heterocycles. The Morgan fingerprint density at radius 2 is 2.21 bits per heavy atom. The highest BCUT2D eigenvalue weighted by Gasteiger charge is 1.99. The molecule has 0 aromatic heterocycles. The minimum Gasteiger partial charge on any atom is -0.496 e. The van der Waals surface area contributed by atoms with E-state index in [1.165, 1.54) is 0 Å². The molecule has 0 radical (unpaired) electrons. The molecule has 76 valence electrons. The second kappa shape index (κ2) is 6.25. The van der Waals surface area contributed by atoms with Gasteiger partial charge in [0.2, 0.25) is 0 Å². The molecule has 0 N–H and O–H groups in total. The number of halogens is 2. The van der Waals surface area contributed by atoms with Gasteiger partial charge in [-0.15, -0.1) is 0 Å². The van der Waals surface area contributed by atoms with Gasteiger partial charge in [-0.25, -0.2) is 0 Å². The molecule has 1 aromatic rings. The average Bonchev–Trinajstić information content (AvgIpc) is 2.20. The van der Waals surface area contributed by atoms with Crippen LogP contribution in [-0.4, -0.2) is 12.4 Å². The van der Waals surface area contributed by atoms with Gasteiger partial charge < -0.3 is 4.74 Å². The largest absolute Gasteiger partial charge is 0.496 e. The normalized spacial score (nSPS) is 10.8. The van der Waals surface area contributed by atoms with Crippen molar-refractivity contribution in [3.05, 3.63) is 34.3 Å². The van der Waals surface area contributed by atoms with E-state index >= 15 is 0 Å². The van der Waals surface area contributed by atoms with Crippen molar-refractivity contribution in [2.24, 2.45) is 0 Å². The van der Waals surface area contributed by atoms with Crippen LogP contribution in [0.25, 0.3) is 6.08 Å². The number of hydrogen-bond donors (Lipinski definition) is 0. The Balaban J connectivity index is 2.85. The molecule has 14 heavy (non-hydrogen) atoms. The van der Waals surface area contributed by atoms with Gasteiger partial charge in [0.05, 0.1) is 7.11 Å². The summed E-state index contributed by atoms with van der Waals surface area (Å²) in [5.41, 5.74) is 1.11. The molecule has 0 bridgehead atoms. The highest BCUT2D eigenvalue weighted by molar-refractivity contribution is 9.10. The molecule has 3 heteroatoms. The van der Waals surface area contributed by atoms with Crippen molar-refractivity contribution in [3.8, 4) is 5.75 Å². The third kappa shape index (κ3) is 3.46. The molecular formula is C11H12Br2O. The van der Waals surface area contributed by atoms with E-state index in [0.29, 0.717) is 0 Å². The van der Waals surface area contributed by atoms with Crippen LogP contribution >= 0.6 is 31.9 Å². The van der Waals surface area contributed by atoms with Crippen molar-refractivity contribution in [3.63, 3.8) is 0 Å². The van der Waals surface area contributed by atoms with E-state index < -0.39 is 0 Å². The summed E-state index contributed by atoms with van der Waals surface area (Å²) in [6, 6.07) is 6.01. The van der Waals surface area contributed by atoms with Crippen LogP contribution in [0.2, 0.25) is 0 Å². The van der Waals surface area contributed by atoms with Crippen LogP contribution in [-0.2, 0) is 0 Å². The second-order valence-electron chi connectivity index (χ2n) is 2.77. The summed E-state index contributed by atoms with van der Waals surface area (Å²) >= 11 is 6.79. The number of benzene rings is 1. The van der Waals surface area contributed by atoms with Crippen molar-refractivity contribution in [2.75, 3.05) is 12.4 Å². The first-order valence-electron chi connectivity index (χ1n) is 4.34. The number of ether oxygens (including phenoxy) is 1. The fourth-order valence-electron chi connectivity index (χ4n) is 1.10. The summed E-state index contributed by atoms with van der Waals surface area (Å²) in [7, 11) is 1.68. The molecular weight excluding hydrogens is 308 g/mol. The smallest absolute Gasteiger partial charge is 0.127 e. The van der Waals surface area contributed by atoms with Crippen LogP contribution in [0.15, 0.2) is 28.7 Å². The Morgan fingerprint density at radius 1 is 1.43 bits per heavy atom. The maximum Gasteiger partial charge on any atom is 0.127 e.